The summed E-state index contributed by atoms with van der Waals surface area (Å²) < 4.78 is 0. The third-order valence-corrected chi connectivity index (χ3v) is 4.36. The molecule has 3 atom stereocenters. The van der Waals surface area contributed by atoms with E-state index in [-0.39, 0.29) is 0 Å². The second-order valence-corrected chi connectivity index (χ2v) is 6.15. The van der Waals surface area contributed by atoms with Crippen molar-refractivity contribution in [3.63, 3.8) is 0 Å². The lowest BCUT2D eigenvalue weighted by molar-refractivity contribution is -0.124. The Hall–Kier alpha value is -0.370. The number of piperidine rings is 1. The molecule has 3 unspecified atom stereocenters. The van der Waals surface area contributed by atoms with Crippen LogP contribution >= 0.6 is 0 Å². The van der Waals surface area contributed by atoms with E-state index in [4.69, 9.17) is 0 Å². The summed E-state index contributed by atoms with van der Waals surface area (Å²) in [6.07, 6.45) is 5.62. The first-order chi connectivity index (χ1) is 7.56. The van der Waals surface area contributed by atoms with Crippen LogP contribution in [0.3, 0.4) is 0 Å². The monoisotopic (exact) mass is 223 g/mol. The summed E-state index contributed by atoms with van der Waals surface area (Å²) in [5, 5.41) is 0. The van der Waals surface area contributed by atoms with Gasteiger partial charge in [0, 0.05) is 31.5 Å². The zero-order valence-electron chi connectivity index (χ0n) is 10.9. The van der Waals surface area contributed by atoms with Gasteiger partial charge in [-0.05, 0) is 38.0 Å². The molecule has 1 saturated heterocycles. The predicted octanol–water partition coefficient (Wildman–Crippen LogP) is 2.86. The van der Waals surface area contributed by atoms with E-state index in [1.807, 2.05) is 0 Å². The van der Waals surface area contributed by atoms with Crippen LogP contribution in [0.2, 0.25) is 0 Å². The van der Waals surface area contributed by atoms with Gasteiger partial charge in [0.2, 0.25) is 0 Å². The van der Waals surface area contributed by atoms with Crippen LogP contribution < -0.4 is 0 Å². The molecule has 1 aliphatic carbocycles. The van der Waals surface area contributed by atoms with Gasteiger partial charge in [0.25, 0.3) is 0 Å². The number of ketones is 1. The first-order valence-corrected chi connectivity index (χ1v) is 6.83. The number of carbonyl (C=O) groups is 1. The van der Waals surface area contributed by atoms with Gasteiger partial charge in [0.05, 0.1) is 0 Å². The SMILES string of the molecule is CC1CC(C)CC(N2CCC(=O)CC2C)C1. The summed E-state index contributed by atoms with van der Waals surface area (Å²) in [7, 11) is 0. The van der Waals surface area contributed by atoms with E-state index in [0.29, 0.717) is 11.8 Å². The number of carbonyl (C=O) groups excluding carboxylic acids is 1. The largest absolute Gasteiger partial charge is 0.300 e. The van der Waals surface area contributed by atoms with Gasteiger partial charge in [0.1, 0.15) is 5.78 Å². The Morgan fingerprint density at radius 3 is 2.25 bits per heavy atom. The molecule has 0 spiro atoms. The molecule has 0 bridgehead atoms. The molecule has 1 heterocycles. The molecule has 92 valence electrons. The number of Topliss-reactive ketones (excluding diaryl/α,β-unsaturated/α-hetero) is 1. The Labute approximate surface area is 99.4 Å². The minimum absolute atomic E-state index is 0.459. The van der Waals surface area contributed by atoms with E-state index in [2.05, 4.69) is 25.7 Å². The van der Waals surface area contributed by atoms with Crippen LogP contribution in [-0.2, 0) is 4.79 Å². The van der Waals surface area contributed by atoms with E-state index in [9.17, 15) is 4.79 Å². The fourth-order valence-electron chi connectivity index (χ4n) is 3.74. The highest BCUT2D eigenvalue weighted by Crippen LogP contribution is 2.33. The highest BCUT2D eigenvalue weighted by molar-refractivity contribution is 5.79. The van der Waals surface area contributed by atoms with E-state index in [1.165, 1.54) is 19.3 Å². The molecule has 0 aromatic carbocycles. The van der Waals surface area contributed by atoms with E-state index >= 15 is 0 Å². The van der Waals surface area contributed by atoms with Crippen LogP contribution in [0.1, 0.15) is 52.9 Å². The Balaban J connectivity index is 1.98. The van der Waals surface area contributed by atoms with Crippen molar-refractivity contribution in [3.8, 4) is 0 Å². The molecule has 0 N–H and O–H groups in total. The highest BCUT2D eigenvalue weighted by atomic mass is 16.1. The van der Waals surface area contributed by atoms with Crippen molar-refractivity contribution >= 4 is 5.78 Å². The van der Waals surface area contributed by atoms with Gasteiger partial charge in [-0.1, -0.05) is 13.8 Å². The van der Waals surface area contributed by atoms with Gasteiger partial charge >= 0.3 is 0 Å². The zero-order valence-corrected chi connectivity index (χ0v) is 10.9. The van der Waals surface area contributed by atoms with E-state index in [0.717, 1.165) is 37.3 Å². The first-order valence-electron chi connectivity index (χ1n) is 6.83. The molecular formula is C14H25NO. The molecule has 2 rings (SSSR count). The van der Waals surface area contributed by atoms with Gasteiger partial charge in [-0.15, -0.1) is 0 Å². The van der Waals surface area contributed by atoms with Gasteiger partial charge in [0.15, 0.2) is 0 Å². The molecule has 2 heteroatoms. The summed E-state index contributed by atoms with van der Waals surface area (Å²) in [6, 6.07) is 1.21. The summed E-state index contributed by atoms with van der Waals surface area (Å²) in [6.45, 7) is 7.98. The van der Waals surface area contributed by atoms with E-state index < -0.39 is 0 Å². The molecule has 16 heavy (non-hydrogen) atoms. The molecule has 2 fully saturated rings. The first kappa shape index (κ1) is 12.1. The maximum atomic E-state index is 11.4. The van der Waals surface area contributed by atoms with Crippen LogP contribution in [0.5, 0.6) is 0 Å². The number of likely N-dealkylation sites (tertiary alicyclic amines) is 1. The zero-order chi connectivity index (χ0) is 11.7. The molecule has 1 aliphatic heterocycles. The molecule has 0 radical (unpaired) electrons. The van der Waals surface area contributed by atoms with Gasteiger partial charge in [-0.2, -0.15) is 0 Å². The van der Waals surface area contributed by atoms with Gasteiger partial charge in [-0.25, -0.2) is 0 Å². The Morgan fingerprint density at radius 1 is 1.06 bits per heavy atom. The minimum Gasteiger partial charge on any atom is -0.300 e. The second-order valence-electron chi connectivity index (χ2n) is 6.15. The van der Waals surface area contributed by atoms with Crippen molar-refractivity contribution in [1.29, 1.82) is 0 Å². The molecule has 0 aromatic heterocycles. The third-order valence-electron chi connectivity index (χ3n) is 4.36. The second kappa shape index (κ2) is 4.87. The highest BCUT2D eigenvalue weighted by Gasteiger charge is 2.33. The standard InChI is InChI=1S/C14H25NO/c1-10-6-11(2)8-13(7-10)15-5-4-14(16)9-12(15)3/h10-13H,4-9H2,1-3H3. The Kier molecular flexibility index (Phi) is 3.68. The van der Waals surface area contributed by atoms with Crippen molar-refractivity contribution < 1.29 is 4.79 Å². The van der Waals surface area contributed by atoms with Crippen molar-refractivity contribution in [2.45, 2.75) is 65.0 Å². The summed E-state index contributed by atoms with van der Waals surface area (Å²) in [4.78, 5) is 14.0. The molecule has 0 aromatic rings. The van der Waals surface area contributed by atoms with Gasteiger partial charge < -0.3 is 0 Å². The number of rotatable bonds is 1. The van der Waals surface area contributed by atoms with Crippen LogP contribution in [0.25, 0.3) is 0 Å². The fourth-order valence-corrected chi connectivity index (χ4v) is 3.74. The number of hydrogen-bond donors (Lipinski definition) is 0. The van der Waals surface area contributed by atoms with Crippen LogP contribution in [0.15, 0.2) is 0 Å². The summed E-state index contributed by atoms with van der Waals surface area (Å²) >= 11 is 0. The maximum Gasteiger partial charge on any atom is 0.135 e. The van der Waals surface area contributed by atoms with Crippen LogP contribution in [0.4, 0.5) is 0 Å². The van der Waals surface area contributed by atoms with Crippen LogP contribution in [-0.4, -0.2) is 29.3 Å². The van der Waals surface area contributed by atoms with Crippen LogP contribution in [0, 0.1) is 11.8 Å². The molecule has 1 saturated carbocycles. The van der Waals surface area contributed by atoms with Crippen molar-refractivity contribution in [3.05, 3.63) is 0 Å². The summed E-state index contributed by atoms with van der Waals surface area (Å²) in [5.74, 6) is 2.18. The third kappa shape index (κ3) is 2.65. The summed E-state index contributed by atoms with van der Waals surface area (Å²) in [5.41, 5.74) is 0. The molecule has 2 aliphatic rings. The molecule has 2 nitrogen and oxygen atoms in total. The number of nitrogens with zero attached hydrogens (tertiary/aromatic N) is 1. The predicted molar refractivity (Wildman–Crippen MR) is 66.4 cm³/mol. The topological polar surface area (TPSA) is 20.3 Å². The quantitative estimate of drug-likeness (QED) is 0.681. The normalized spacial score (nSPS) is 42.3. The Morgan fingerprint density at radius 2 is 1.69 bits per heavy atom. The number of hydrogen-bond acceptors (Lipinski definition) is 2. The van der Waals surface area contributed by atoms with Crippen molar-refractivity contribution in [1.82, 2.24) is 4.90 Å². The smallest absolute Gasteiger partial charge is 0.135 e. The Bertz CT molecular complexity index is 253. The van der Waals surface area contributed by atoms with Crippen molar-refractivity contribution in [2.75, 3.05) is 6.54 Å². The van der Waals surface area contributed by atoms with Crippen molar-refractivity contribution in [2.24, 2.45) is 11.8 Å². The molecule has 0 amide bonds. The van der Waals surface area contributed by atoms with E-state index in [1.54, 1.807) is 0 Å². The van der Waals surface area contributed by atoms with Gasteiger partial charge in [-0.3, -0.25) is 9.69 Å². The minimum atomic E-state index is 0.459. The lowest BCUT2D eigenvalue weighted by Gasteiger charge is -2.44. The average Bonchev–Trinajstić information content (AvgIpc) is 2.15. The fraction of sp³-hybridized carbons (Fsp3) is 0.929. The molecular weight excluding hydrogens is 198 g/mol. The lowest BCUT2D eigenvalue weighted by atomic mass is 9.79. The average molecular weight is 223 g/mol. The lowest BCUT2D eigenvalue weighted by Crippen LogP contribution is -2.49. The maximum absolute atomic E-state index is 11.4.